The zero-order valence-corrected chi connectivity index (χ0v) is 12.8. The van der Waals surface area contributed by atoms with Gasteiger partial charge in [-0.05, 0) is 12.5 Å². The highest BCUT2D eigenvalue weighted by Gasteiger charge is 2.16. The molecule has 0 unspecified atom stereocenters. The molecule has 1 aromatic carbocycles. The second-order valence-corrected chi connectivity index (χ2v) is 5.21. The van der Waals surface area contributed by atoms with Crippen molar-refractivity contribution in [2.24, 2.45) is 7.05 Å². The Morgan fingerprint density at radius 3 is 2.95 bits per heavy atom. The van der Waals surface area contributed by atoms with Gasteiger partial charge >= 0.3 is 0 Å². The molecule has 22 heavy (non-hydrogen) atoms. The van der Waals surface area contributed by atoms with Crippen LogP contribution in [0.2, 0.25) is 0 Å². The van der Waals surface area contributed by atoms with Gasteiger partial charge in [-0.1, -0.05) is 25.1 Å². The number of carbonyl (C=O) groups is 1. The second kappa shape index (κ2) is 6.01. The zero-order valence-electron chi connectivity index (χ0n) is 12.8. The van der Waals surface area contributed by atoms with Gasteiger partial charge in [0.1, 0.15) is 5.82 Å². The molecule has 0 saturated carbocycles. The maximum atomic E-state index is 12.4. The van der Waals surface area contributed by atoms with Crippen LogP contribution in [0, 0.1) is 0 Å². The summed E-state index contributed by atoms with van der Waals surface area (Å²) in [5.74, 6) is 0.679. The zero-order chi connectivity index (χ0) is 15.5. The summed E-state index contributed by atoms with van der Waals surface area (Å²) in [4.78, 5) is 16.7. The van der Waals surface area contributed by atoms with Crippen molar-refractivity contribution in [1.29, 1.82) is 0 Å². The Morgan fingerprint density at radius 1 is 1.32 bits per heavy atom. The molecule has 6 heteroatoms. The number of amides is 1. The number of aryl methyl sites for hydroxylation is 2. The molecule has 0 aliphatic heterocycles. The molecule has 1 amide bonds. The molecule has 1 N–H and O–H groups in total. The molecule has 0 aliphatic rings. The van der Waals surface area contributed by atoms with E-state index in [1.807, 2.05) is 37.5 Å². The third-order valence-electron chi connectivity index (χ3n) is 3.65. The van der Waals surface area contributed by atoms with E-state index in [0.717, 1.165) is 29.7 Å². The maximum Gasteiger partial charge on any atom is 0.272 e. The molecule has 0 atom stereocenters. The minimum absolute atomic E-state index is 0.178. The molecule has 3 aromatic rings. The SMILES string of the molecule is CCCn1ccnc1CNC(=O)c1nn(C)c2ccccc12. The van der Waals surface area contributed by atoms with Gasteiger partial charge in [0.05, 0.1) is 12.1 Å². The lowest BCUT2D eigenvalue weighted by Gasteiger charge is -2.07. The fraction of sp³-hybridized carbons (Fsp3) is 0.312. The van der Waals surface area contributed by atoms with Crippen LogP contribution in [0.4, 0.5) is 0 Å². The van der Waals surface area contributed by atoms with E-state index in [2.05, 4.69) is 26.9 Å². The van der Waals surface area contributed by atoms with E-state index in [0.29, 0.717) is 12.2 Å². The van der Waals surface area contributed by atoms with Crippen molar-refractivity contribution < 1.29 is 4.79 Å². The highest BCUT2D eigenvalue weighted by Crippen LogP contribution is 2.17. The summed E-state index contributed by atoms with van der Waals surface area (Å²) in [6.45, 7) is 3.41. The van der Waals surface area contributed by atoms with E-state index in [4.69, 9.17) is 0 Å². The fourth-order valence-electron chi connectivity index (χ4n) is 2.58. The van der Waals surface area contributed by atoms with Crippen molar-refractivity contribution in [1.82, 2.24) is 24.6 Å². The van der Waals surface area contributed by atoms with Gasteiger partial charge in [-0.15, -0.1) is 0 Å². The van der Waals surface area contributed by atoms with Crippen LogP contribution in [0.25, 0.3) is 10.9 Å². The number of nitrogens with zero attached hydrogens (tertiary/aromatic N) is 4. The quantitative estimate of drug-likeness (QED) is 0.784. The first kappa shape index (κ1) is 14.3. The van der Waals surface area contributed by atoms with Gasteiger partial charge < -0.3 is 9.88 Å². The van der Waals surface area contributed by atoms with Gasteiger partial charge in [0.15, 0.2) is 5.69 Å². The molecule has 0 fully saturated rings. The number of benzene rings is 1. The van der Waals surface area contributed by atoms with Crippen molar-refractivity contribution in [2.45, 2.75) is 26.4 Å². The standard InChI is InChI=1S/C16H19N5O/c1-3-9-21-10-8-17-14(21)11-18-16(22)15-12-6-4-5-7-13(12)20(2)19-15/h4-8,10H,3,9,11H2,1-2H3,(H,18,22). The van der Waals surface area contributed by atoms with Crippen LogP contribution in [-0.4, -0.2) is 25.2 Å². The third kappa shape index (κ3) is 2.59. The number of hydrogen-bond donors (Lipinski definition) is 1. The third-order valence-corrected chi connectivity index (χ3v) is 3.65. The van der Waals surface area contributed by atoms with Gasteiger partial charge in [0, 0.05) is 31.4 Å². The lowest BCUT2D eigenvalue weighted by atomic mass is 10.2. The minimum Gasteiger partial charge on any atom is -0.343 e. The van der Waals surface area contributed by atoms with Crippen LogP contribution >= 0.6 is 0 Å². The monoisotopic (exact) mass is 297 g/mol. The average Bonchev–Trinajstić information content (AvgIpc) is 3.11. The predicted octanol–water partition coefficient (Wildman–Crippen LogP) is 2.11. The molecule has 6 nitrogen and oxygen atoms in total. The smallest absolute Gasteiger partial charge is 0.272 e. The molecule has 2 heterocycles. The number of imidazole rings is 1. The van der Waals surface area contributed by atoms with Gasteiger partial charge in [-0.2, -0.15) is 5.10 Å². The number of aromatic nitrogens is 4. The summed E-state index contributed by atoms with van der Waals surface area (Å²) < 4.78 is 3.78. The van der Waals surface area contributed by atoms with Crippen molar-refractivity contribution >= 4 is 16.8 Å². The molecule has 114 valence electrons. The van der Waals surface area contributed by atoms with Gasteiger partial charge in [-0.25, -0.2) is 4.98 Å². The van der Waals surface area contributed by atoms with E-state index < -0.39 is 0 Å². The molecular formula is C16H19N5O. The number of hydrogen-bond acceptors (Lipinski definition) is 3. The first-order valence-electron chi connectivity index (χ1n) is 7.40. The molecular weight excluding hydrogens is 278 g/mol. The Hall–Kier alpha value is -2.63. The molecule has 0 saturated heterocycles. The normalized spacial score (nSPS) is 11.0. The summed E-state index contributed by atoms with van der Waals surface area (Å²) in [6, 6.07) is 7.71. The molecule has 2 aromatic heterocycles. The van der Waals surface area contributed by atoms with Crippen LogP contribution < -0.4 is 5.32 Å². The van der Waals surface area contributed by atoms with E-state index >= 15 is 0 Å². The Bertz CT molecular complexity index is 802. The van der Waals surface area contributed by atoms with Crippen LogP contribution in [0.5, 0.6) is 0 Å². The topological polar surface area (TPSA) is 64.7 Å². The van der Waals surface area contributed by atoms with Gasteiger partial charge in [0.25, 0.3) is 5.91 Å². The Kier molecular flexibility index (Phi) is 3.91. The molecule has 0 bridgehead atoms. The first-order valence-corrected chi connectivity index (χ1v) is 7.40. The summed E-state index contributed by atoms with van der Waals surface area (Å²) in [7, 11) is 1.84. The Balaban J connectivity index is 1.78. The van der Waals surface area contributed by atoms with E-state index in [1.54, 1.807) is 10.9 Å². The Labute approximate surface area is 128 Å². The lowest BCUT2D eigenvalue weighted by molar-refractivity contribution is 0.0945. The molecule has 0 aliphatic carbocycles. The predicted molar refractivity (Wildman–Crippen MR) is 84.4 cm³/mol. The lowest BCUT2D eigenvalue weighted by Crippen LogP contribution is -2.25. The summed E-state index contributed by atoms with van der Waals surface area (Å²) in [5.41, 5.74) is 1.40. The van der Waals surface area contributed by atoms with Crippen LogP contribution in [0.3, 0.4) is 0 Å². The Morgan fingerprint density at radius 2 is 2.14 bits per heavy atom. The van der Waals surface area contributed by atoms with Crippen LogP contribution in [-0.2, 0) is 20.1 Å². The maximum absolute atomic E-state index is 12.4. The fourth-order valence-corrected chi connectivity index (χ4v) is 2.58. The van der Waals surface area contributed by atoms with E-state index in [-0.39, 0.29) is 5.91 Å². The minimum atomic E-state index is -0.178. The number of carbonyl (C=O) groups excluding carboxylic acids is 1. The van der Waals surface area contributed by atoms with Crippen molar-refractivity contribution in [3.05, 3.63) is 48.2 Å². The number of fused-ring (bicyclic) bond motifs is 1. The number of rotatable bonds is 5. The summed E-state index contributed by atoms with van der Waals surface area (Å²) in [5, 5.41) is 8.09. The summed E-state index contributed by atoms with van der Waals surface area (Å²) in [6.07, 6.45) is 4.72. The average molecular weight is 297 g/mol. The highest BCUT2D eigenvalue weighted by atomic mass is 16.1. The summed E-state index contributed by atoms with van der Waals surface area (Å²) >= 11 is 0. The van der Waals surface area contributed by atoms with Gasteiger partial charge in [-0.3, -0.25) is 9.48 Å². The van der Waals surface area contributed by atoms with Gasteiger partial charge in [0.2, 0.25) is 0 Å². The molecule has 0 radical (unpaired) electrons. The molecule has 0 spiro atoms. The second-order valence-electron chi connectivity index (χ2n) is 5.21. The largest absolute Gasteiger partial charge is 0.343 e. The van der Waals surface area contributed by atoms with E-state index in [1.165, 1.54) is 0 Å². The van der Waals surface area contributed by atoms with Crippen molar-refractivity contribution in [2.75, 3.05) is 0 Å². The number of para-hydroxylation sites is 1. The van der Waals surface area contributed by atoms with E-state index in [9.17, 15) is 4.79 Å². The first-order chi connectivity index (χ1) is 10.7. The van der Waals surface area contributed by atoms with Crippen molar-refractivity contribution in [3.63, 3.8) is 0 Å². The van der Waals surface area contributed by atoms with Crippen molar-refractivity contribution in [3.8, 4) is 0 Å². The number of nitrogens with one attached hydrogen (secondary N) is 1. The molecule has 3 rings (SSSR count). The van der Waals surface area contributed by atoms with Crippen LogP contribution in [0.15, 0.2) is 36.7 Å². The van der Waals surface area contributed by atoms with Crippen LogP contribution in [0.1, 0.15) is 29.7 Å². The highest BCUT2D eigenvalue weighted by molar-refractivity contribution is 6.04.